The number of carbonyl (C=O) groups is 1. The van der Waals surface area contributed by atoms with Crippen molar-refractivity contribution in [3.05, 3.63) is 57.6 Å². The van der Waals surface area contributed by atoms with Crippen molar-refractivity contribution >= 4 is 28.1 Å². The third kappa shape index (κ3) is 3.61. The zero-order chi connectivity index (χ0) is 15.4. The normalized spacial score (nSPS) is 10.8. The van der Waals surface area contributed by atoms with E-state index in [0.717, 1.165) is 4.47 Å². The van der Waals surface area contributed by atoms with Gasteiger partial charge in [0.1, 0.15) is 11.5 Å². The molecule has 0 spiro atoms. The van der Waals surface area contributed by atoms with Crippen LogP contribution >= 0.6 is 15.9 Å². The van der Waals surface area contributed by atoms with Gasteiger partial charge in [-0.2, -0.15) is 5.10 Å². The number of hydrazone groups is 1. The van der Waals surface area contributed by atoms with E-state index < -0.39 is 5.91 Å². The molecule has 0 aliphatic rings. The van der Waals surface area contributed by atoms with Gasteiger partial charge in [0.2, 0.25) is 0 Å². The Labute approximate surface area is 130 Å². The Hall–Kier alpha value is -2.34. The molecule has 0 saturated heterocycles. The van der Waals surface area contributed by atoms with Gasteiger partial charge in [0.15, 0.2) is 0 Å². The Morgan fingerprint density at radius 1 is 1.29 bits per heavy atom. The van der Waals surface area contributed by atoms with Gasteiger partial charge in [-0.1, -0.05) is 28.1 Å². The summed E-state index contributed by atoms with van der Waals surface area (Å²) in [5.41, 5.74) is 3.59. The number of carbonyl (C=O) groups excluding carboxylic acids is 1. The van der Waals surface area contributed by atoms with E-state index in [1.54, 1.807) is 31.2 Å². The summed E-state index contributed by atoms with van der Waals surface area (Å²) >= 11 is 3.32. The highest BCUT2D eigenvalue weighted by atomic mass is 79.9. The largest absolute Gasteiger partial charge is 0.507 e. The first kappa shape index (κ1) is 15.1. The first-order valence-corrected chi connectivity index (χ1v) is 6.89. The van der Waals surface area contributed by atoms with Crippen LogP contribution in [-0.4, -0.2) is 22.3 Å². The maximum Gasteiger partial charge on any atom is 0.275 e. The first-order chi connectivity index (χ1) is 9.99. The number of para-hydroxylation sites is 1. The van der Waals surface area contributed by atoms with Crippen LogP contribution in [0, 0.1) is 6.92 Å². The molecule has 5 nitrogen and oxygen atoms in total. The molecule has 0 aromatic heterocycles. The van der Waals surface area contributed by atoms with Gasteiger partial charge >= 0.3 is 0 Å². The Morgan fingerprint density at radius 3 is 2.71 bits per heavy atom. The molecule has 2 aromatic carbocycles. The number of aromatic hydroxyl groups is 2. The van der Waals surface area contributed by atoms with E-state index in [0.29, 0.717) is 11.1 Å². The summed E-state index contributed by atoms with van der Waals surface area (Å²) in [6.07, 6.45) is 1.34. The second-order valence-electron chi connectivity index (χ2n) is 4.38. The number of nitrogens with one attached hydrogen (secondary N) is 1. The van der Waals surface area contributed by atoms with Crippen molar-refractivity contribution in [1.82, 2.24) is 5.43 Å². The maximum absolute atomic E-state index is 11.8. The number of nitrogens with zero attached hydrogens (tertiary/aromatic N) is 1. The molecule has 108 valence electrons. The first-order valence-electron chi connectivity index (χ1n) is 6.09. The molecule has 0 fully saturated rings. The monoisotopic (exact) mass is 348 g/mol. The standard InChI is InChI=1S/C15H13BrN2O3/c1-9-6-11(16)7-10(14(9)20)8-17-18-15(21)12-4-2-3-5-13(12)19/h2-8,19-20H,1H3,(H,18,21). The van der Waals surface area contributed by atoms with E-state index in [9.17, 15) is 15.0 Å². The molecule has 0 heterocycles. The van der Waals surface area contributed by atoms with Gasteiger partial charge in [-0.25, -0.2) is 5.43 Å². The number of hydrogen-bond acceptors (Lipinski definition) is 4. The van der Waals surface area contributed by atoms with Crippen LogP contribution in [0.25, 0.3) is 0 Å². The molecule has 21 heavy (non-hydrogen) atoms. The minimum atomic E-state index is -0.532. The zero-order valence-corrected chi connectivity index (χ0v) is 12.8. The average molecular weight is 349 g/mol. The summed E-state index contributed by atoms with van der Waals surface area (Å²) in [7, 11) is 0. The lowest BCUT2D eigenvalue weighted by Crippen LogP contribution is -2.17. The van der Waals surface area contributed by atoms with E-state index in [1.807, 2.05) is 0 Å². The lowest BCUT2D eigenvalue weighted by Gasteiger charge is -2.04. The molecule has 0 radical (unpaired) electrons. The van der Waals surface area contributed by atoms with Gasteiger partial charge in [-0.05, 0) is 36.8 Å². The number of halogens is 1. The minimum Gasteiger partial charge on any atom is -0.507 e. The smallest absolute Gasteiger partial charge is 0.275 e. The van der Waals surface area contributed by atoms with Gasteiger partial charge in [-0.3, -0.25) is 4.79 Å². The number of phenols is 2. The van der Waals surface area contributed by atoms with Crippen LogP contribution in [0.5, 0.6) is 11.5 Å². The fourth-order valence-electron chi connectivity index (χ4n) is 1.75. The van der Waals surface area contributed by atoms with Crippen molar-refractivity contribution in [2.45, 2.75) is 6.92 Å². The van der Waals surface area contributed by atoms with Crippen LogP contribution in [0.3, 0.4) is 0 Å². The molecule has 0 bridgehead atoms. The molecular weight excluding hydrogens is 336 g/mol. The van der Waals surface area contributed by atoms with E-state index >= 15 is 0 Å². The Balaban J connectivity index is 2.13. The average Bonchev–Trinajstić information content (AvgIpc) is 2.44. The van der Waals surface area contributed by atoms with E-state index in [4.69, 9.17) is 0 Å². The fraction of sp³-hybridized carbons (Fsp3) is 0.0667. The van der Waals surface area contributed by atoms with Crippen LogP contribution < -0.4 is 5.43 Å². The van der Waals surface area contributed by atoms with Crippen molar-refractivity contribution in [2.75, 3.05) is 0 Å². The minimum absolute atomic E-state index is 0.0961. The number of amides is 1. The number of hydrogen-bond donors (Lipinski definition) is 3. The van der Waals surface area contributed by atoms with Gasteiger partial charge in [0.25, 0.3) is 5.91 Å². The maximum atomic E-state index is 11.8. The van der Waals surface area contributed by atoms with E-state index in [2.05, 4.69) is 26.5 Å². The highest BCUT2D eigenvalue weighted by Crippen LogP contribution is 2.25. The number of phenolic OH excluding ortho intramolecular Hbond substituents is 2. The summed E-state index contributed by atoms with van der Waals surface area (Å²) in [5, 5.41) is 23.2. The predicted octanol–water partition coefficient (Wildman–Crippen LogP) is 2.93. The number of aryl methyl sites for hydroxylation is 1. The van der Waals surface area contributed by atoms with Crippen LogP contribution in [0.2, 0.25) is 0 Å². The van der Waals surface area contributed by atoms with E-state index in [-0.39, 0.29) is 17.1 Å². The molecule has 0 saturated carbocycles. The van der Waals surface area contributed by atoms with Crippen molar-refractivity contribution in [3.63, 3.8) is 0 Å². The van der Waals surface area contributed by atoms with Crippen molar-refractivity contribution < 1.29 is 15.0 Å². The molecule has 2 rings (SSSR count). The molecular formula is C15H13BrN2O3. The third-order valence-electron chi connectivity index (χ3n) is 2.81. The van der Waals surface area contributed by atoms with Crippen molar-refractivity contribution in [1.29, 1.82) is 0 Å². The molecule has 3 N–H and O–H groups in total. The van der Waals surface area contributed by atoms with Gasteiger partial charge in [0.05, 0.1) is 11.8 Å². The molecule has 0 atom stereocenters. The van der Waals surface area contributed by atoms with Gasteiger partial charge < -0.3 is 10.2 Å². The second-order valence-corrected chi connectivity index (χ2v) is 5.29. The lowest BCUT2D eigenvalue weighted by atomic mass is 10.1. The van der Waals surface area contributed by atoms with Crippen LogP contribution in [0.15, 0.2) is 46.0 Å². The van der Waals surface area contributed by atoms with E-state index in [1.165, 1.54) is 18.3 Å². The molecule has 0 unspecified atom stereocenters. The van der Waals surface area contributed by atoms with Crippen LogP contribution in [0.1, 0.15) is 21.5 Å². The van der Waals surface area contributed by atoms with Gasteiger partial charge in [0, 0.05) is 10.0 Å². The van der Waals surface area contributed by atoms with Gasteiger partial charge in [-0.15, -0.1) is 0 Å². The summed E-state index contributed by atoms with van der Waals surface area (Å²) in [6, 6.07) is 9.62. The third-order valence-corrected chi connectivity index (χ3v) is 3.27. The SMILES string of the molecule is Cc1cc(Br)cc(C=NNC(=O)c2ccccc2O)c1O. The number of rotatable bonds is 3. The molecule has 6 heteroatoms. The van der Waals surface area contributed by atoms with Crippen LogP contribution in [-0.2, 0) is 0 Å². The Morgan fingerprint density at radius 2 is 2.00 bits per heavy atom. The molecule has 1 amide bonds. The van der Waals surface area contributed by atoms with Crippen molar-refractivity contribution in [2.24, 2.45) is 5.10 Å². The Bertz CT molecular complexity index is 714. The van der Waals surface area contributed by atoms with Crippen molar-refractivity contribution in [3.8, 4) is 11.5 Å². The second kappa shape index (κ2) is 6.41. The number of benzene rings is 2. The molecule has 2 aromatic rings. The summed E-state index contributed by atoms with van der Waals surface area (Å²) in [4.78, 5) is 11.8. The Kier molecular flexibility index (Phi) is 4.59. The van der Waals surface area contributed by atoms with Crippen LogP contribution in [0.4, 0.5) is 0 Å². The topological polar surface area (TPSA) is 81.9 Å². The summed E-state index contributed by atoms with van der Waals surface area (Å²) in [5.74, 6) is -0.555. The summed E-state index contributed by atoms with van der Waals surface area (Å²) < 4.78 is 0.797. The fourth-order valence-corrected chi connectivity index (χ4v) is 2.34. The zero-order valence-electron chi connectivity index (χ0n) is 11.2. The molecule has 0 aliphatic carbocycles. The highest BCUT2D eigenvalue weighted by Gasteiger charge is 2.09. The predicted molar refractivity (Wildman–Crippen MR) is 83.7 cm³/mol. The molecule has 0 aliphatic heterocycles. The highest BCUT2D eigenvalue weighted by molar-refractivity contribution is 9.10. The lowest BCUT2D eigenvalue weighted by molar-refractivity contribution is 0.0952. The quantitative estimate of drug-likeness (QED) is 0.589. The summed E-state index contributed by atoms with van der Waals surface area (Å²) in [6.45, 7) is 1.76.